The number of nitrogens with zero attached hydrogens (tertiary/aromatic N) is 2. The fraction of sp³-hybridized carbons (Fsp3) is 0.400. The molecule has 0 saturated heterocycles. The summed E-state index contributed by atoms with van der Waals surface area (Å²) in [5.41, 5.74) is 7.43. The van der Waals surface area contributed by atoms with E-state index in [2.05, 4.69) is 5.10 Å². The van der Waals surface area contributed by atoms with E-state index < -0.39 is 0 Å². The van der Waals surface area contributed by atoms with E-state index in [1.165, 1.54) is 12.8 Å². The lowest BCUT2D eigenvalue weighted by molar-refractivity contribution is 0.449. The topological polar surface area (TPSA) is 43.8 Å². The van der Waals surface area contributed by atoms with Crippen molar-refractivity contribution in [3.8, 4) is 5.69 Å². The predicted molar refractivity (Wildman–Crippen MR) is 72.7 cm³/mol. The zero-order chi connectivity index (χ0) is 13.3. The Labute approximate surface area is 112 Å². The number of hydrogen-bond acceptors (Lipinski definition) is 2. The SMILES string of the molecule is NCC1(c2ccc(-n3cccn3)c(F)c2)CCCC1. The van der Waals surface area contributed by atoms with Crippen LogP contribution in [0.1, 0.15) is 31.2 Å². The molecule has 0 amide bonds. The number of nitrogens with two attached hydrogens (primary N) is 1. The summed E-state index contributed by atoms with van der Waals surface area (Å²) in [4.78, 5) is 0. The van der Waals surface area contributed by atoms with Crippen LogP contribution in [0, 0.1) is 5.82 Å². The molecule has 0 aliphatic heterocycles. The van der Waals surface area contributed by atoms with Crippen molar-refractivity contribution in [3.63, 3.8) is 0 Å². The highest BCUT2D eigenvalue weighted by molar-refractivity contribution is 5.39. The number of benzene rings is 1. The Morgan fingerprint density at radius 1 is 1.32 bits per heavy atom. The van der Waals surface area contributed by atoms with Crippen molar-refractivity contribution in [2.75, 3.05) is 6.54 Å². The third-order valence-electron chi connectivity index (χ3n) is 4.26. The van der Waals surface area contributed by atoms with Gasteiger partial charge in [0, 0.05) is 24.4 Å². The molecule has 0 atom stereocenters. The highest BCUT2D eigenvalue weighted by Crippen LogP contribution is 2.40. The van der Waals surface area contributed by atoms with Gasteiger partial charge in [-0.2, -0.15) is 5.10 Å². The maximum atomic E-state index is 14.3. The summed E-state index contributed by atoms with van der Waals surface area (Å²) in [7, 11) is 0. The summed E-state index contributed by atoms with van der Waals surface area (Å²) in [6.45, 7) is 0.591. The van der Waals surface area contributed by atoms with Crippen molar-refractivity contribution in [3.05, 3.63) is 48.0 Å². The van der Waals surface area contributed by atoms with E-state index in [-0.39, 0.29) is 11.2 Å². The van der Waals surface area contributed by atoms with Crippen LogP contribution >= 0.6 is 0 Å². The number of aromatic nitrogens is 2. The molecule has 0 radical (unpaired) electrons. The van der Waals surface area contributed by atoms with Crippen molar-refractivity contribution in [1.82, 2.24) is 9.78 Å². The van der Waals surface area contributed by atoms with Gasteiger partial charge in [-0.05, 0) is 36.6 Å². The highest BCUT2D eigenvalue weighted by Gasteiger charge is 2.34. The number of halogens is 1. The Bertz CT molecular complexity index is 557. The molecule has 100 valence electrons. The molecule has 1 aromatic heterocycles. The molecule has 0 spiro atoms. The second kappa shape index (κ2) is 4.78. The zero-order valence-corrected chi connectivity index (χ0v) is 10.8. The van der Waals surface area contributed by atoms with Gasteiger partial charge in [-0.15, -0.1) is 0 Å². The molecule has 3 nitrogen and oxygen atoms in total. The van der Waals surface area contributed by atoms with Crippen LogP contribution in [-0.2, 0) is 5.41 Å². The Morgan fingerprint density at radius 2 is 2.11 bits per heavy atom. The van der Waals surface area contributed by atoms with Crippen LogP contribution in [0.2, 0.25) is 0 Å². The maximum Gasteiger partial charge on any atom is 0.149 e. The Kier molecular flexibility index (Phi) is 3.11. The molecule has 2 N–H and O–H groups in total. The van der Waals surface area contributed by atoms with Crippen LogP contribution < -0.4 is 5.73 Å². The van der Waals surface area contributed by atoms with Gasteiger partial charge in [0.15, 0.2) is 0 Å². The maximum absolute atomic E-state index is 14.3. The van der Waals surface area contributed by atoms with E-state index in [9.17, 15) is 4.39 Å². The minimum atomic E-state index is -0.235. The first-order valence-corrected chi connectivity index (χ1v) is 6.75. The summed E-state index contributed by atoms with van der Waals surface area (Å²) in [6.07, 6.45) is 7.87. The van der Waals surface area contributed by atoms with Crippen molar-refractivity contribution in [1.29, 1.82) is 0 Å². The minimum Gasteiger partial charge on any atom is -0.330 e. The molecular weight excluding hydrogens is 241 g/mol. The van der Waals surface area contributed by atoms with Gasteiger partial charge >= 0.3 is 0 Å². The van der Waals surface area contributed by atoms with Crippen molar-refractivity contribution in [2.45, 2.75) is 31.1 Å². The van der Waals surface area contributed by atoms with Crippen LogP contribution in [0.3, 0.4) is 0 Å². The molecule has 0 unspecified atom stereocenters. The fourth-order valence-corrected chi connectivity index (χ4v) is 3.10. The van der Waals surface area contributed by atoms with E-state index >= 15 is 0 Å². The zero-order valence-electron chi connectivity index (χ0n) is 10.8. The molecule has 3 rings (SSSR count). The molecule has 1 heterocycles. The fourth-order valence-electron chi connectivity index (χ4n) is 3.10. The Morgan fingerprint density at radius 3 is 2.68 bits per heavy atom. The third-order valence-corrected chi connectivity index (χ3v) is 4.26. The summed E-state index contributed by atoms with van der Waals surface area (Å²) < 4.78 is 15.8. The molecule has 1 aromatic carbocycles. The van der Waals surface area contributed by atoms with Crippen molar-refractivity contribution >= 4 is 0 Å². The Hall–Kier alpha value is -1.68. The van der Waals surface area contributed by atoms with E-state index in [1.807, 2.05) is 6.07 Å². The van der Waals surface area contributed by atoms with E-state index in [0.29, 0.717) is 12.2 Å². The van der Waals surface area contributed by atoms with E-state index in [0.717, 1.165) is 18.4 Å². The lowest BCUT2D eigenvalue weighted by Crippen LogP contribution is -2.32. The molecule has 19 heavy (non-hydrogen) atoms. The van der Waals surface area contributed by atoms with Gasteiger partial charge in [0.1, 0.15) is 11.5 Å². The first kappa shape index (κ1) is 12.4. The first-order chi connectivity index (χ1) is 9.25. The molecule has 1 fully saturated rings. The van der Waals surface area contributed by atoms with Gasteiger partial charge in [-0.25, -0.2) is 9.07 Å². The highest BCUT2D eigenvalue weighted by atomic mass is 19.1. The number of rotatable bonds is 3. The lowest BCUT2D eigenvalue weighted by atomic mass is 9.79. The van der Waals surface area contributed by atoms with Gasteiger partial charge in [0.05, 0.1) is 0 Å². The summed E-state index contributed by atoms with van der Waals surface area (Å²) in [6, 6.07) is 7.21. The first-order valence-electron chi connectivity index (χ1n) is 6.75. The molecule has 1 aliphatic carbocycles. The van der Waals surface area contributed by atoms with Gasteiger partial charge in [0.25, 0.3) is 0 Å². The van der Waals surface area contributed by atoms with Gasteiger partial charge in [-0.3, -0.25) is 0 Å². The molecule has 1 saturated carbocycles. The van der Waals surface area contributed by atoms with E-state index in [4.69, 9.17) is 5.73 Å². The van der Waals surface area contributed by atoms with Crippen LogP contribution in [0.15, 0.2) is 36.7 Å². The molecular formula is C15H18FN3. The van der Waals surface area contributed by atoms with Gasteiger partial charge in [-0.1, -0.05) is 18.9 Å². The summed E-state index contributed by atoms with van der Waals surface area (Å²) in [5, 5.41) is 4.06. The monoisotopic (exact) mass is 259 g/mol. The van der Waals surface area contributed by atoms with Crippen LogP contribution in [0.25, 0.3) is 5.69 Å². The third kappa shape index (κ3) is 2.06. The second-order valence-corrected chi connectivity index (χ2v) is 5.31. The minimum absolute atomic E-state index is 0.0243. The second-order valence-electron chi connectivity index (χ2n) is 5.31. The van der Waals surface area contributed by atoms with Gasteiger partial charge in [0.2, 0.25) is 0 Å². The van der Waals surface area contributed by atoms with Crippen molar-refractivity contribution < 1.29 is 4.39 Å². The standard InChI is InChI=1S/C15H18FN3/c16-13-10-12(15(11-17)6-1-2-7-15)4-5-14(13)19-9-3-8-18-19/h3-5,8-10H,1-2,6-7,11,17H2. The Balaban J connectivity index is 2.00. The normalized spacial score (nSPS) is 17.8. The van der Waals surface area contributed by atoms with Crippen molar-refractivity contribution in [2.24, 2.45) is 5.73 Å². The van der Waals surface area contributed by atoms with Crippen LogP contribution in [0.5, 0.6) is 0 Å². The summed E-state index contributed by atoms with van der Waals surface area (Å²) in [5.74, 6) is -0.235. The van der Waals surface area contributed by atoms with E-state index in [1.54, 1.807) is 35.3 Å². The largest absolute Gasteiger partial charge is 0.330 e. The van der Waals surface area contributed by atoms with Crippen LogP contribution in [-0.4, -0.2) is 16.3 Å². The van der Waals surface area contributed by atoms with Gasteiger partial charge < -0.3 is 5.73 Å². The molecule has 2 aromatic rings. The molecule has 0 bridgehead atoms. The molecule has 1 aliphatic rings. The predicted octanol–water partition coefficient (Wildman–Crippen LogP) is 2.78. The smallest absolute Gasteiger partial charge is 0.149 e. The van der Waals surface area contributed by atoms with Crippen LogP contribution in [0.4, 0.5) is 4.39 Å². The molecule has 4 heteroatoms. The quantitative estimate of drug-likeness (QED) is 0.921. The average molecular weight is 259 g/mol. The lowest BCUT2D eigenvalue weighted by Gasteiger charge is -2.28. The number of hydrogen-bond donors (Lipinski definition) is 1. The summed E-state index contributed by atoms with van der Waals surface area (Å²) >= 11 is 0. The average Bonchev–Trinajstić information content (AvgIpc) is 3.11.